The lowest BCUT2D eigenvalue weighted by atomic mass is 9.74. The Balaban J connectivity index is 1.45. The van der Waals surface area contributed by atoms with Gasteiger partial charge in [-0.3, -0.25) is 14.3 Å². The van der Waals surface area contributed by atoms with Crippen molar-refractivity contribution in [3.63, 3.8) is 0 Å². The minimum absolute atomic E-state index is 0.0222. The SMILES string of the molecule is O=C(Cn1cccn1)N1CCCC2(CCCCc3ccccc3OCCNC2=O)C1. The van der Waals surface area contributed by atoms with Crippen LogP contribution in [0, 0.1) is 5.41 Å². The van der Waals surface area contributed by atoms with Gasteiger partial charge in [0.05, 0.1) is 12.0 Å². The second-order valence-electron chi connectivity index (χ2n) is 8.32. The van der Waals surface area contributed by atoms with Gasteiger partial charge in [-0.15, -0.1) is 0 Å². The average Bonchev–Trinajstić information content (AvgIpc) is 3.27. The number of benzene rings is 1. The summed E-state index contributed by atoms with van der Waals surface area (Å²) in [6.07, 6.45) is 8.81. The van der Waals surface area contributed by atoms with Gasteiger partial charge >= 0.3 is 0 Å². The number of likely N-dealkylation sites (tertiary alicyclic amines) is 1. The Morgan fingerprint density at radius 3 is 2.90 bits per heavy atom. The van der Waals surface area contributed by atoms with Gasteiger partial charge in [-0.25, -0.2) is 0 Å². The number of hydrogen-bond acceptors (Lipinski definition) is 4. The summed E-state index contributed by atoms with van der Waals surface area (Å²) >= 11 is 0. The zero-order valence-electron chi connectivity index (χ0n) is 17.4. The van der Waals surface area contributed by atoms with Crippen LogP contribution in [0.1, 0.15) is 37.7 Å². The largest absolute Gasteiger partial charge is 0.491 e. The van der Waals surface area contributed by atoms with E-state index in [9.17, 15) is 9.59 Å². The number of fused-ring (bicyclic) bond motifs is 1. The van der Waals surface area contributed by atoms with Gasteiger partial charge in [-0.1, -0.05) is 24.6 Å². The molecule has 0 bridgehead atoms. The normalized spacial score (nSPS) is 22.9. The number of piperidine rings is 1. The number of carbonyl (C=O) groups is 2. The number of nitrogens with one attached hydrogen (secondary N) is 1. The molecule has 30 heavy (non-hydrogen) atoms. The molecular weight excluding hydrogens is 380 g/mol. The first-order valence-corrected chi connectivity index (χ1v) is 10.9. The van der Waals surface area contributed by atoms with Gasteiger partial charge in [-0.05, 0) is 49.8 Å². The van der Waals surface area contributed by atoms with E-state index in [1.54, 1.807) is 17.1 Å². The highest BCUT2D eigenvalue weighted by atomic mass is 16.5. The molecule has 1 spiro atoms. The maximum Gasteiger partial charge on any atom is 0.244 e. The van der Waals surface area contributed by atoms with E-state index in [2.05, 4.69) is 16.5 Å². The molecular formula is C23H30N4O3. The van der Waals surface area contributed by atoms with Crippen LogP contribution in [0.4, 0.5) is 0 Å². The van der Waals surface area contributed by atoms with Crippen LogP contribution in [0.25, 0.3) is 0 Å². The molecule has 1 aromatic carbocycles. The van der Waals surface area contributed by atoms with Crippen molar-refractivity contribution < 1.29 is 14.3 Å². The maximum atomic E-state index is 13.2. The Morgan fingerprint density at radius 2 is 2.03 bits per heavy atom. The number of hydrogen-bond donors (Lipinski definition) is 1. The van der Waals surface area contributed by atoms with Gasteiger partial charge in [-0.2, -0.15) is 5.10 Å². The molecule has 7 heteroatoms. The molecule has 1 aromatic heterocycles. The van der Waals surface area contributed by atoms with Gasteiger partial charge in [0, 0.05) is 25.5 Å². The minimum Gasteiger partial charge on any atom is -0.491 e. The number of aromatic nitrogens is 2. The van der Waals surface area contributed by atoms with Crippen LogP contribution >= 0.6 is 0 Å². The van der Waals surface area contributed by atoms with Crippen LogP contribution in [-0.4, -0.2) is 52.7 Å². The molecule has 0 radical (unpaired) electrons. The highest BCUT2D eigenvalue weighted by molar-refractivity contribution is 5.84. The van der Waals surface area contributed by atoms with Crippen molar-refractivity contribution in [2.75, 3.05) is 26.2 Å². The zero-order chi connectivity index (χ0) is 20.8. The minimum atomic E-state index is -0.517. The predicted molar refractivity (Wildman–Crippen MR) is 113 cm³/mol. The van der Waals surface area contributed by atoms with Crippen molar-refractivity contribution in [3.05, 3.63) is 48.3 Å². The number of para-hydroxylation sites is 1. The van der Waals surface area contributed by atoms with Crippen molar-refractivity contribution in [2.24, 2.45) is 5.41 Å². The summed E-state index contributed by atoms with van der Waals surface area (Å²) in [6.45, 7) is 2.31. The van der Waals surface area contributed by atoms with Crippen molar-refractivity contribution in [1.82, 2.24) is 20.0 Å². The first-order chi connectivity index (χ1) is 14.7. The number of carbonyl (C=O) groups excluding carboxylic acids is 2. The molecule has 1 saturated heterocycles. The van der Waals surface area contributed by atoms with Gasteiger partial charge in [0.25, 0.3) is 0 Å². The van der Waals surface area contributed by atoms with E-state index in [4.69, 9.17) is 4.74 Å². The molecule has 3 heterocycles. The van der Waals surface area contributed by atoms with E-state index in [-0.39, 0.29) is 18.4 Å². The third-order valence-electron chi connectivity index (χ3n) is 6.24. The van der Waals surface area contributed by atoms with Crippen LogP contribution in [0.2, 0.25) is 0 Å². The number of ether oxygens (including phenoxy) is 1. The summed E-state index contributed by atoms with van der Waals surface area (Å²) in [7, 11) is 0. The van der Waals surface area contributed by atoms with Crippen LogP contribution < -0.4 is 10.1 Å². The number of rotatable bonds is 2. The first-order valence-electron chi connectivity index (χ1n) is 10.9. The highest BCUT2D eigenvalue weighted by Crippen LogP contribution is 2.36. The van der Waals surface area contributed by atoms with E-state index in [0.717, 1.165) is 44.3 Å². The van der Waals surface area contributed by atoms with Crippen LogP contribution in [0.15, 0.2) is 42.7 Å². The quantitative estimate of drug-likeness (QED) is 0.825. The second kappa shape index (κ2) is 9.32. The predicted octanol–water partition coefficient (Wildman–Crippen LogP) is 2.41. The molecule has 1 atom stereocenters. The van der Waals surface area contributed by atoms with Crippen LogP contribution in [0.3, 0.4) is 0 Å². The topological polar surface area (TPSA) is 76.5 Å². The molecule has 2 amide bonds. The Bertz CT molecular complexity index is 867. The van der Waals surface area contributed by atoms with E-state index in [1.807, 2.05) is 29.2 Å². The molecule has 4 rings (SSSR count). The van der Waals surface area contributed by atoms with Crippen LogP contribution in [-0.2, 0) is 22.6 Å². The molecule has 160 valence electrons. The maximum absolute atomic E-state index is 13.2. The Hall–Kier alpha value is -2.83. The van der Waals surface area contributed by atoms with Gasteiger partial charge in [0.15, 0.2) is 0 Å². The van der Waals surface area contributed by atoms with E-state index in [0.29, 0.717) is 26.2 Å². The Morgan fingerprint density at radius 1 is 1.17 bits per heavy atom. The molecule has 2 aliphatic rings. The summed E-state index contributed by atoms with van der Waals surface area (Å²) in [5.74, 6) is 0.987. The lowest BCUT2D eigenvalue weighted by Gasteiger charge is -2.42. The Labute approximate surface area is 177 Å². The Kier molecular flexibility index (Phi) is 6.35. The fourth-order valence-corrected chi connectivity index (χ4v) is 4.62. The first kappa shape index (κ1) is 20.4. The molecule has 1 unspecified atom stereocenters. The fraction of sp³-hybridized carbons (Fsp3) is 0.522. The number of nitrogens with zero attached hydrogens (tertiary/aromatic N) is 3. The summed E-state index contributed by atoms with van der Waals surface area (Å²) in [6, 6.07) is 9.95. The third-order valence-corrected chi connectivity index (χ3v) is 6.24. The summed E-state index contributed by atoms with van der Waals surface area (Å²) in [5.41, 5.74) is 0.703. The second-order valence-corrected chi connectivity index (χ2v) is 8.32. The van der Waals surface area contributed by atoms with Crippen LogP contribution in [0.5, 0.6) is 5.75 Å². The summed E-state index contributed by atoms with van der Waals surface area (Å²) in [4.78, 5) is 27.9. The number of amides is 2. The van der Waals surface area contributed by atoms with Crippen molar-refractivity contribution in [3.8, 4) is 5.75 Å². The molecule has 7 nitrogen and oxygen atoms in total. The lowest BCUT2D eigenvalue weighted by molar-refractivity contribution is -0.142. The molecule has 1 fully saturated rings. The molecule has 2 aromatic rings. The smallest absolute Gasteiger partial charge is 0.244 e. The molecule has 1 N–H and O–H groups in total. The summed E-state index contributed by atoms with van der Waals surface area (Å²) in [5, 5.41) is 7.21. The standard InChI is InChI=1S/C23H30N4O3/c28-21(17-27-15-6-12-25-27)26-14-5-11-23(18-26)10-4-3-8-19-7-1-2-9-20(19)30-16-13-24-22(23)29/h1-2,6-7,9,12,15H,3-5,8,10-11,13-14,16-18H2,(H,24,29). The van der Waals surface area contributed by atoms with Gasteiger partial charge in [0.1, 0.15) is 18.9 Å². The van der Waals surface area contributed by atoms with Gasteiger partial charge in [0.2, 0.25) is 11.8 Å². The fourth-order valence-electron chi connectivity index (χ4n) is 4.62. The van der Waals surface area contributed by atoms with E-state index in [1.165, 1.54) is 5.56 Å². The summed E-state index contributed by atoms with van der Waals surface area (Å²) < 4.78 is 7.55. The van der Waals surface area contributed by atoms with E-state index >= 15 is 0 Å². The van der Waals surface area contributed by atoms with Crippen molar-refractivity contribution in [1.29, 1.82) is 0 Å². The average molecular weight is 411 g/mol. The third kappa shape index (κ3) is 4.66. The van der Waals surface area contributed by atoms with E-state index < -0.39 is 5.41 Å². The van der Waals surface area contributed by atoms with Gasteiger partial charge < -0.3 is 15.0 Å². The highest BCUT2D eigenvalue weighted by Gasteiger charge is 2.42. The lowest BCUT2D eigenvalue weighted by Crippen LogP contribution is -2.54. The molecule has 0 aliphatic carbocycles. The zero-order valence-corrected chi connectivity index (χ0v) is 17.4. The monoisotopic (exact) mass is 410 g/mol. The molecule has 2 aliphatic heterocycles. The number of aryl methyl sites for hydroxylation is 1. The molecule has 0 saturated carbocycles. The van der Waals surface area contributed by atoms with Crippen molar-refractivity contribution in [2.45, 2.75) is 45.1 Å². The van der Waals surface area contributed by atoms with Crippen molar-refractivity contribution >= 4 is 11.8 Å².